The standard InChI is InChI=1S/C14H19BrN2O2S/c1-4-8-16-11-12-6-7-13(15)14(10-12)20(18,19)17(3)9-5-2/h2,6-7,10,16H,4,8-9,11H2,1,3H3. The number of nitrogens with one attached hydrogen (secondary N) is 1. The van der Waals surface area contributed by atoms with Gasteiger partial charge in [0.15, 0.2) is 0 Å². The normalized spacial score (nSPS) is 11.6. The Morgan fingerprint density at radius 2 is 2.15 bits per heavy atom. The number of hydrogen-bond donors (Lipinski definition) is 1. The van der Waals surface area contributed by atoms with E-state index >= 15 is 0 Å². The Kier molecular flexibility index (Phi) is 6.69. The van der Waals surface area contributed by atoms with Gasteiger partial charge in [-0.05, 0) is 46.6 Å². The number of sulfonamides is 1. The number of nitrogens with zero attached hydrogens (tertiary/aromatic N) is 1. The van der Waals surface area contributed by atoms with Crippen LogP contribution in [0.15, 0.2) is 27.6 Å². The second kappa shape index (κ2) is 7.79. The van der Waals surface area contributed by atoms with Gasteiger partial charge in [0.2, 0.25) is 10.0 Å². The van der Waals surface area contributed by atoms with Crippen molar-refractivity contribution < 1.29 is 8.42 Å². The van der Waals surface area contributed by atoms with Crippen molar-refractivity contribution in [1.29, 1.82) is 0 Å². The number of hydrogen-bond acceptors (Lipinski definition) is 3. The number of terminal acetylenes is 1. The highest BCUT2D eigenvalue weighted by atomic mass is 79.9. The first-order chi connectivity index (χ1) is 9.43. The van der Waals surface area contributed by atoms with Gasteiger partial charge in [0.25, 0.3) is 0 Å². The van der Waals surface area contributed by atoms with E-state index in [1.165, 1.54) is 7.05 Å². The smallest absolute Gasteiger partial charge is 0.244 e. The summed E-state index contributed by atoms with van der Waals surface area (Å²) in [5.41, 5.74) is 0.925. The molecule has 0 amide bonds. The Bertz CT molecular complexity index is 594. The van der Waals surface area contributed by atoms with Crippen molar-refractivity contribution >= 4 is 26.0 Å². The molecule has 1 rings (SSSR count). The maximum atomic E-state index is 12.4. The van der Waals surface area contributed by atoms with Crippen molar-refractivity contribution in [3.8, 4) is 12.3 Å². The first-order valence-corrected chi connectivity index (χ1v) is 8.55. The molecule has 0 aliphatic heterocycles. The lowest BCUT2D eigenvalue weighted by Gasteiger charge is -2.16. The third kappa shape index (κ3) is 4.32. The largest absolute Gasteiger partial charge is 0.313 e. The Hall–Kier alpha value is -0.870. The fourth-order valence-corrected chi connectivity index (χ4v) is 3.70. The molecule has 1 aromatic carbocycles. The fraction of sp³-hybridized carbons (Fsp3) is 0.429. The summed E-state index contributed by atoms with van der Waals surface area (Å²) in [5, 5.41) is 3.25. The van der Waals surface area contributed by atoms with Gasteiger partial charge in [-0.3, -0.25) is 0 Å². The molecule has 6 heteroatoms. The summed E-state index contributed by atoms with van der Waals surface area (Å²) in [6.07, 6.45) is 6.21. The molecule has 20 heavy (non-hydrogen) atoms. The van der Waals surface area contributed by atoms with Crippen molar-refractivity contribution in [2.75, 3.05) is 20.1 Å². The first-order valence-electron chi connectivity index (χ1n) is 6.32. The predicted octanol–water partition coefficient (Wildman–Crippen LogP) is 2.20. The Labute approximate surface area is 129 Å². The minimum absolute atomic E-state index is 0.0487. The van der Waals surface area contributed by atoms with E-state index < -0.39 is 10.0 Å². The third-order valence-electron chi connectivity index (χ3n) is 2.75. The van der Waals surface area contributed by atoms with Gasteiger partial charge in [-0.15, -0.1) is 6.42 Å². The molecule has 1 aromatic rings. The van der Waals surface area contributed by atoms with E-state index in [0.717, 1.165) is 22.8 Å². The lowest BCUT2D eigenvalue weighted by Crippen LogP contribution is -2.27. The molecule has 0 aliphatic carbocycles. The first kappa shape index (κ1) is 17.2. The van der Waals surface area contributed by atoms with E-state index in [1.807, 2.05) is 6.07 Å². The van der Waals surface area contributed by atoms with Gasteiger partial charge < -0.3 is 5.32 Å². The minimum Gasteiger partial charge on any atom is -0.313 e. The van der Waals surface area contributed by atoms with Gasteiger partial charge in [0.1, 0.15) is 0 Å². The van der Waals surface area contributed by atoms with Crippen LogP contribution in [0.3, 0.4) is 0 Å². The van der Waals surface area contributed by atoms with Crippen LogP contribution in [0.2, 0.25) is 0 Å². The molecule has 0 aliphatic rings. The van der Waals surface area contributed by atoms with Crippen LogP contribution >= 0.6 is 15.9 Å². The lowest BCUT2D eigenvalue weighted by molar-refractivity contribution is 0.502. The van der Waals surface area contributed by atoms with E-state index in [1.54, 1.807) is 12.1 Å². The molecule has 0 saturated carbocycles. The molecule has 0 spiro atoms. The van der Waals surface area contributed by atoms with Crippen LogP contribution < -0.4 is 5.32 Å². The third-order valence-corrected chi connectivity index (χ3v) is 5.55. The van der Waals surface area contributed by atoms with Crippen molar-refractivity contribution in [2.24, 2.45) is 0 Å². The van der Waals surface area contributed by atoms with E-state index in [9.17, 15) is 8.42 Å². The molecule has 110 valence electrons. The average molecular weight is 359 g/mol. The molecular weight excluding hydrogens is 340 g/mol. The molecule has 4 nitrogen and oxygen atoms in total. The zero-order valence-corrected chi connectivity index (χ0v) is 14.1. The Morgan fingerprint density at radius 3 is 2.75 bits per heavy atom. The predicted molar refractivity (Wildman–Crippen MR) is 84.8 cm³/mol. The highest BCUT2D eigenvalue weighted by Gasteiger charge is 2.23. The number of halogens is 1. The highest BCUT2D eigenvalue weighted by Crippen LogP contribution is 2.25. The summed E-state index contributed by atoms with van der Waals surface area (Å²) >= 11 is 3.29. The van der Waals surface area contributed by atoms with E-state index in [0.29, 0.717) is 11.0 Å². The molecule has 1 N–H and O–H groups in total. The molecule has 0 saturated heterocycles. The average Bonchev–Trinajstić information content (AvgIpc) is 2.41. The maximum absolute atomic E-state index is 12.4. The quantitative estimate of drug-likeness (QED) is 0.600. The van der Waals surface area contributed by atoms with E-state index in [4.69, 9.17) is 6.42 Å². The van der Waals surface area contributed by atoms with Gasteiger partial charge in [-0.2, -0.15) is 4.31 Å². The Morgan fingerprint density at radius 1 is 1.45 bits per heavy atom. The summed E-state index contributed by atoms with van der Waals surface area (Å²) < 4.78 is 26.5. The number of benzene rings is 1. The molecule has 0 fully saturated rings. The zero-order valence-electron chi connectivity index (χ0n) is 11.7. The highest BCUT2D eigenvalue weighted by molar-refractivity contribution is 9.10. The van der Waals surface area contributed by atoms with Gasteiger partial charge in [0, 0.05) is 18.1 Å². The molecule has 0 bridgehead atoms. The van der Waals surface area contributed by atoms with Crippen molar-refractivity contribution in [3.05, 3.63) is 28.2 Å². The number of rotatable bonds is 7. The molecular formula is C14H19BrN2O2S. The van der Waals surface area contributed by atoms with Gasteiger partial charge >= 0.3 is 0 Å². The fourth-order valence-electron chi connectivity index (χ4n) is 1.65. The van der Waals surface area contributed by atoms with Crippen molar-refractivity contribution in [1.82, 2.24) is 9.62 Å². The molecule has 0 heterocycles. The second-order valence-electron chi connectivity index (χ2n) is 4.41. The van der Waals surface area contributed by atoms with Crippen LogP contribution in [0.5, 0.6) is 0 Å². The van der Waals surface area contributed by atoms with Crippen molar-refractivity contribution in [2.45, 2.75) is 24.8 Å². The van der Waals surface area contributed by atoms with Gasteiger partial charge in [0.05, 0.1) is 11.4 Å². The van der Waals surface area contributed by atoms with Crippen LogP contribution in [-0.4, -0.2) is 32.9 Å². The topological polar surface area (TPSA) is 49.4 Å². The molecule has 0 atom stereocenters. The van der Waals surface area contributed by atoms with Gasteiger partial charge in [-0.1, -0.05) is 18.9 Å². The zero-order chi connectivity index (χ0) is 15.2. The van der Waals surface area contributed by atoms with Gasteiger partial charge in [-0.25, -0.2) is 8.42 Å². The summed E-state index contributed by atoms with van der Waals surface area (Å²) in [4.78, 5) is 0.242. The van der Waals surface area contributed by atoms with Crippen LogP contribution in [0.4, 0.5) is 0 Å². The maximum Gasteiger partial charge on any atom is 0.244 e. The van der Waals surface area contributed by atoms with Crippen molar-refractivity contribution in [3.63, 3.8) is 0 Å². The lowest BCUT2D eigenvalue weighted by atomic mass is 10.2. The van der Waals surface area contributed by atoms with E-state index in [-0.39, 0.29) is 11.4 Å². The second-order valence-corrected chi connectivity index (χ2v) is 7.27. The SMILES string of the molecule is C#CCN(C)S(=O)(=O)c1cc(CNCCC)ccc1Br. The van der Waals surface area contributed by atoms with E-state index in [2.05, 4.69) is 34.1 Å². The molecule has 0 unspecified atom stereocenters. The van der Waals surface area contributed by atoms with Crippen LogP contribution in [0.25, 0.3) is 0 Å². The van der Waals surface area contributed by atoms with Crippen LogP contribution in [0.1, 0.15) is 18.9 Å². The molecule has 0 radical (unpaired) electrons. The summed E-state index contributed by atoms with van der Waals surface area (Å²) in [6.45, 7) is 3.67. The summed E-state index contributed by atoms with van der Waals surface area (Å²) in [5.74, 6) is 2.34. The summed E-state index contributed by atoms with van der Waals surface area (Å²) in [7, 11) is -2.09. The molecule has 0 aromatic heterocycles. The van der Waals surface area contributed by atoms with Crippen LogP contribution in [0, 0.1) is 12.3 Å². The summed E-state index contributed by atoms with van der Waals surface area (Å²) in [6, 6.07) is 5.32. The Balaban J connectivity index is 3.05. The minimum atomic E-state index is -3.57. The monoisotopic (exact) mass is 358 g/mol. The van der Waals surface area contributed by atoms with Crippen LogP contribution in [-0.2, 0) is 16.6 Å².